The molecule has 0 spiro atoms. The second-order valence-electron chi connectivity index (χ2n) is 6.86. The number of aromatic amines is 1. The lowest BCUT2D eigenvalue weighted by Crippen LogP contribution is -2.15. The predicted molar refractivity (Wildman–Crippen MR) is 114 cm³/mol. The van der Waals surface area contributed by atoms with Crippen LogP contribution in [0.1, 0.15) is 17.2 Å². The van der Waals surface area contributed by atoms with E-state index in [4.69, 9.17) is 9.47 Å². The maximum atomic E-state index is 14.9. The van der Waals surface area contributed by atoms with E-state index in [1.165, 1.54) is 18.6 Å². The van der Waals surface area contributed by atoms with Gasteiger partial charge >= 0.3 is 0 Å². The molecule has 4 rings (SSSR count). The molecule has 0 bridgehead atoms. The highest BCUT2D eigenvalue weighted by molar-refractivity contribution is 5.83. The average molecular weight is 390 g/mol. The van der Waals surface area contributed by atoms with Crippen molar-refractivity contribution < 1.29 is 13.9 Å². The number of anilines is 1. The van der Waals surface area contributed by atoms with Crippen LogP contribution in [-0.4, -0.2) is 19.2 Å². The fourth-order valence-corrected chi connectivity index (χ4v) is 3.59. The van der Waals surface area contributed by atoms with Crippen molar-refractivity contribution in [1.82, 2.24) is 4.98 Å². The standard InChI is InChI=1S/C24H23FN2O2/c1-28-18-13-22(24(25)23(14-18)29-2)27-21(16-8-4-3-5-9-16)12-17-15-26-20-11-7-6-10-19(17)20/h3-11,13-15,21,26-27H,12H2,1-2H3. The van der Waals surface area contributed by atoms with Gasteiger partial charge in [0.25, 0.3) is 0 Å². The molecule has 0 aliphatic rings. The highest BCUT2D eigenvalue weighted by Crippen LogP contribution is 2.34. The molecule has 1 unspecified atom stereocenters. The van der Waals surface area contributed by atoms with Gasteiger partial charge in [0, 0.05) is 29.2 Å². The van der Waals surface area contributed by atoms with Crippen LogP contribution < -0.4 is 14.8 Å². The van der Waals surface area contributed by atoms with Gasteiger partial charge in [-0.05, 0) is 23.6 Å². The first-order chi connectivity index (χ1) is 14.2. The van der Waals surface area contributed by atoms with Crippen LogP contribution in [0.3, 0.4) is 0 Å². The van der Waals surface area contributed by atoms with E-state index in [9.17, 15) is 4.39 Å². The summed E-state index contributed by atoms with van der Waals surface area (Å²) in [7, 11) is 3.00. The summed E-state index contributed by atoms with van der Waals surface area (Å²) in [5, 5.41) is 4.53. The minimum atomic E-state index is -0.437. The van der Waals surface area contributed by atoms with E-state index in [0.717, 1.165) is 16.6 Å². The van der Waals surface area contributed by atoms with E-state index >= 15 is 0 Å². The van der Waals surface area contributed by atoms with Crippen molar-refractivity contribution in [3.8, 4) is 11.5 Å². The predicted octanol–water partition coefficient (Wildman–Crippen LogP) is 5.72. The molecule has 148 valence electrons. The first kappa shape index (κ1) is 18.9. The second-order valence-corrected chi connectivity index (χ2v) is 6.86. The van der Waals surface area contributed by atoms with Crippen molar-refractivity contribution in [2.45, 2.75) is 12.5 Å². The molecule has 0 aliphatic carbocycles. The molecular weight excluding hydrogens is 367 g/mol. The summed E-state index contributed by atoms with van der Waals surface area (Å²) in [5.74, 6) is 0.239. The van der Waals surface area contributed by atoms with Gasteiger partial charge in [-0.25, -0.2) is 4.39 Å². The van der Waals surface area contributed by atoms with Gasteiger partial charge in [0.15, 0.2) is 11.6 Å². The minimum absolute atomic E-state index is 0.137. The lowest BCUT2D eigenvalue weighted by atomic mass is 9.98. The normalized spacial score (nSPS) is 12.0. The third kappa shape index (κ3) is 3.90. The number of benzene rings is 3. The Morgan fingerprint density at radius 2 is 1.72 bits per heavy atom. The van der Waals surface area contributed by atoms with Crippen LogP contribution in [0, 0.1) is 5.82 Å². The van der Waals surface area contributed by atoms with Gasteiger partial charge in [-0.1, -0.05) is 48.5 Å². The summed E-state index contributed by atoms with van der Waals surface area (Å²) in [6.07, 6.45) is 2.71. The summed E-state index contributed by atoms with van der Waals surface area (Å²) in [5.41, 5.74) is 3.66. The SMILES string of the molecule is COc1cc(NC(Cc2c[nH]c3ccccc23)c2ccccc2)c(F)c(OC)c1. The second kappa shape index (κ2) is 8.27. The highest BCUT2D eigenvalue weighted by Gasteiger charge is 2.19. The number of halogens is 1. The molecule has 0 saturated heterocycles. The molecule has 0 fully saturated rings. The highest BCUT2D eigenvalue weighted by atomic mass is 19.1. The molecular formula is C24H23FN2O2. The Balaban J connectivity index is 1.73. The number of H-pyrrole nitrogens is 1. The van der Waals surface area contributed by atoms with Gasteiger partial charge in [-0.2, -0.15) is 0 Å². The molecule has 0 saturated carbocycles. The van der Waals surface area contributed by atoms with Gasteiger partial charge in [0.05, 0.1) is 25.9 Å². The zero-order valence-electron chi connectivity index (χ0n) is 16.4. The maximum absolute atomic E-state index is 14.9. The molecule has 0 amide bonds. The van der Waals surface area contributed by atoms with Crippen LogP contribution in [0.25, 0.3) is 10.9 Å². The molecule has 1 atom stereocenters. The van der Waals surface area contributed by atoms with Crippen LogP contribution in [0.2, 0.25) is 0 Å². The number of hydrogen-bond acceptors (Lipinski definition) is 3. The summed E-state index contributed by atoms with van der Waals surface area (Å²) in [6.45, 7) is 0. The van der Waals surface area contributed by atoms with E-state index in [1.54, 1.807) is 13.2 Å². The van der Waals surface area contributed by atoms with Crippen molar-refractivity contribution in [1.29, 1.82) is 0 Å². The molecule has 0 aliphatic heterocycles. The van der Waals surface area contributed by atoms with Crippen LogP contribution in [0.4, 0.5) is 10.1 Å². The number of hydrogen-bond donors (Lipinski definition) is 2. The number of aromatic nitrogens is 1. The summed E-state index contributed by atoms with van der Waals surface area (Å²) in [6, 6.07) is 21.3. The van der Waals surface area contributed by atoms with E-state index < -0.39 is 5.82 Å². The Morgan fingerprint density at radius 3 is 2.48 bits per heavy atom. The number of nitrogens with one attached hydrogen (secondary N) is 2. The van der Waals surface area contributed by atoms with E-state index in [1.807, 2.05) is 48.7 Å². The van der Waals surface area contributed by atoms with Crippen LogP contribution in [0.15, 0.2) is 72.9 Å². The number of ether oxygens (including phenoxy) is 2. The lowest BCUT2D eigenvalue weighted by molar-refractivity contribution is 0.374. The summed E-state index contributed by atoms with van der Waals surface area (Å²) in [4.78, 5) is 3.31. The monoisotopic (exact) mass is 390 g/mol. The minimum Gasteiger partial charge on any atom is -0.497 e. The van der Waals surface area contributed by atoms with E-state index in [0.29, 0.717) is 17.9 Å². The molecule has 4 aromatic rings. The van der Waals surface area contributed by atoms with Gasteiger partial charge in [-0.3, -0.25) is 0 Å². The topological polar surface area (TPSA) is 46.3 Å². The molecule has 5 heteroatoms. The molecule has 1 aromatic heterocycles. The van der Waals surface area contributed by atoms with Crippen LogP contribution in [-0.2, 0) is 6.42 Å². The zero-order valence-corrected chi connectivity index (χ0v) is 16.4. The Kier molecular flexibility index (Phi) is 5.38. The molecule has 2 N–H and O–H groups in total. The fraction of sp³-hybridized carbons (Fsp3) is 0.167. The van der Waals surface area contributed by atoms with Crippen molar-refractivity contribution in [2.24, 2.45) is 0 Å². The lowest BCUT2D eigenvalue weighted by Gasteiger charge is -2.22. The van der Waals surface area contributed by atoms with Crippen molar-refractivity contribution in [3.63, 3.8) is 0 Å². The van der Waals surface area contributed by atoms with Crippen molar-refractivity contribution >= 4 is 16.6 Å². The summed E-state index contributed by atoms with van der Waals surface area (Å²) < 4.78 is 25.4. The van der Waals surface area contributed by atoms with E-state index in [2.05, 4.69) is 22.4 Å². The first-order valence-electron chi connectivity index (χ1n) is 9.47. The van der Waals surface area contributed by atoms with Crippen molar-refractivity contribution in [2.75, 3.05) is 19.5 Å². The largest absolute Gasteiger partial charge is 0.497 e. The van der Waals surface area contributed by atoms with Gasteiger partial charge in [-0.15, -0.1) is 0 Å². The Morgan fingerprint density at radius 1 is 0.966 bits per heavy atom. The Hall–Kier alpha value is -3.47. The quantitative estimate of drug-likeness (QED) is 0.424. The van der Waals surface area contributed by atoms with Crippen LogP contribution >= 0.6 is 0 Å². The third-order valence-corrected chi connectivity index (χ3v) is 5.10. The smallest absolute Gasteiger partial charge is 0.188 e. The average Bonchev–Trinajstić information content (AvgIpc) is 3.18. The molecule has 0 radical (unpaired) electrons. The number of fused-ring (bicyclic) bond motifs is 1. The van der Waals surface area contributed by atoms with Gasteiger partial charge in [0.2, 0.25) is 0 Å². The van der Waals surface area contributed by atoms with Gasteiger partial charge < -0.3 is 19.8 Å². The molecule has 1 heterocycles. The zero-order chi connectivity index (χ0) is 20.2. The van der Waals surface area contributed by atoms with Gasteiger partial charge in [0.1, 0.15) is 5.75 Å². The third-order valence-electron chi connectivity index (χ3n) is 5.10. The number of para-hydroxylation sites is 1. The van der Waals surface area contributed by atoms with E-state index in [-0.39, 0.29) is 11.8 Å². The molecule has 29 heavy (non-hydrogen) atoms. The Labute approximate surface area is 169 Å². The first-order valence-corrected chi connectivity index (χ1v) is 9.47. The van der Waals surface area contributed by atoms with Crippen molar-refractivity contribution in [3.05, 3.63) is 89.9 Å². The Bertz CT molecular complexity index is 1110. The summed E-state index contributed by atoms with van der Waals surface area (Å²) >= 11 is 0. The maximum Gasteiger partial charge on any atom is 0.188 e. The number of methoxy groups -OCH3 is 2. The molecule has 4 nitrogen and oxygen atoms in total. The fourth-order valence-electron chi connectivity index (χ4n) is 3.59. The van der Waals surface area contributed by atoms with Crippen LogP contribution in [0.5, 0.6) is 11.5 Å². The molecule has 3 aromatic carbocycles. The number of rotatable bonds is 7.